The van der Waals surface area contributed by atoms with Crippen molar-refractivity contribution in [2.24, 2.45) is 0 Å². The second-order valence-electron chi connectivity index (χ2n) is 3.27. The highest BCUT2D eigenvalue weighted by Gasteiger charge is 2.19. The standard InChI is InChI=1S/C10H10INO4/c11-7-2-10-9(15-5-16-10)1-6(7)8(14)3-12-4-13/h1-2,4,8,14H,3,5H2,(H,12,13). The van der Waals surface area contributed by atoms with Crippen LogP contribution in [0.15, 0.2) is 12.1 Å². The van der Waals surface area contributed by atoms with Gasteiger partial charge in [-0.25, -0.2) is 0 Å². The van der Waals surface area contributed by atoms with Crippen molar-refractivity contribution in [2.45, 2.75) is 6.10 Å². The Hall–Kier alpha value is -1.02. The fourth-order valence-corrected chi connectivity index (χ4v) is 2.26. The summed E-state index contributed by atoms with van der Waals surface area (Å²) in [5, 5.41) is 12.3. The maximum atomic E-state index is 10.1. The molecule has 0 saturated heterocycles. The van der Waals surface area contributed by atoms with Crippen LogP contribution in [0, 0.1) is 3.57 Å². The van der Waals surface area contributed by atoms with Crippen LogP contribution in [0.2, 0.25) is 0 Å². The summed E-state index contributed by atoms with van der Waals surface area (Å²) < 4.78 is 11.3. The first-order chi connectivity index (χ1) is 7.72. The second kappa shape index (κ2) is 4.88. The number of halogens is 1. The van der Waals surface area contributed by atoms with E-state index < -0.39 is 6.10 Å². The number of aliphatic hydroxyl groups is 1. The maximum absolute atomic E-state index is 10.1. The van der Waals surface area contributed by atoms with Crippen LogP contribution < -0.4 is 14.8 Å². The lowest BCUT2D eigenvalue weighted by molar-refractivity contribution is -0.109. The molecule has 0 spiro atoms. The molecule has 5 nitrogen and oxygen atoms in total. The number of fused-ring (bicyclic) bond motifs is 1. The molecule has 0 bridgehead atoms. The van der Waals surface area contributed by atoms with Crippen molar-refractivity contribution in [2.75, 3.05) is 13.3 Å². The van der Waals surface area contributed by atoms with Gasteiger partial charge in [0.1, 0.15) is 0 Å². The molecule has 0 saturated carbocycles. The minimum absolute atomic E-state index is 0.180. The third-order valence-corrected chi connectivity index (χ3v) is 3.18. The van der Waals surface area contributed by atoms with Gasteiger partial charge in [-0.3, -0.25) is 4.79 Å². The smallest absolute Gasteiger partial charge is 0.231 e. The van der Waals surface area contributed by atoms with Gasteiger partial charge in [-0.15, -0.1) is 0 Å². The van der Waals surface area contributed by atoms with Gasteiger partial charge in [0.2, 0.25) is 13.2 Å². The SMILES string of the molecule is O=CNCC(O)c1cc2c(cc1I)OCO2. The summed E-state index contributed by atoms with van der Waals surface area (Å²) in [5.74, 6) is 1.31. The number of benzene rings is 1. The van der Waals surface area contributed by atoms with Gasteiger partial charge in [-0.1, -0.05) is 0 Å². The third kappa shape index (κ3) is 2.22. The Bertz CT molecular complexity index is 410. The van der Waals surface area contributed by atoms with Gasteiger partial charge in [0.15, 0.2) is 11.5 Å². The molecule has 6 heteroatoms. The largest absolute Gasteiger partial charge is 0.454 e. The molecule has 2 rings (SSSR count). The Morgan fingerprint density at radius 3 is 2.88 bits per heavy atom. The van der Waals surface area contributed by atoms with E-state index in [9.17, 15) is 9.90 Å². The summed E-state index contributed by atoms with van der Waals surface area (Å²) in [5.41, 5.74) is 0.721. The van der Waals surface area contributed by atoms with Gasteiger partial charge in [0, 0.05) is 10.1 Å². The number of carbonyl (C=O) groups is 1. The van der Waals surface area contributed by atoms with Crippen molar-refractivity contribution in [3.05, 3.63) is 21.3 Å². The molecule has 1 aliphatic heterocycles. The number of nitrogens with one attached hydrogen (secondary N) is 1. The first-order valence-electron chi connectivity index (χ1n) is 4.66. The summed E-state index contributed by atoms with van der Waals surface area (Å²) in [4.78, 5) is 10.1. The average molecular weight is 335 g/mol. The Morgan fingerprint density at radius 1 is 1.50 bits per heavy atom. The topological polar surface area (TPSA) is 67.8 Å². The van der Waals surface area contributed by atoms with Crippen LogP contribution in [0.25, 0.3) is 0 Å². The van der Waals surface area contributed by atoms with E-state index in [1.807, 2.05) is 6.07 Å². The summed E-state index contributed by atoms with van der Waals surface area (Å²) in [6.45, 7) is 0.386. The molecule has 16 heavy (non-hydrogen) atoms. The number of ether oxygens (including phenoxy) is 2. The molecular formula is C10H10INO4. The zero-order chi connectivity index (χ0) is 11.5. The molecule has 0 fully saturated rings. The number of carbonyl (C=O) groups excluding carboxylic acids is 1. The van der Waals surface area contributed by atoms with E-state index in [0.717, 1.165) is 9.13 Å². The predicted molar refractivity (Wildman–Crippen MR) is 64.3 cm³/mol. The van der Waals surface area contributed by atoms with Crippen LogP contribution in [0.3, 0.4) is 0 Å². The first kappa shape index (κ1) is 11.5. The van der Waals surface area contributed by atoms with Crippen molar-refractivity contribution in [3.8, 4) is 11.5 Å². The Balaban J connectivity index is 2.23. The average Bonchev–Trinajstić information content (AvgIpc) is 2.71. The summed E-state index contributed by atoms with van der Waals surface area (Å²) >= 11 is 2.11. The fraction of sp³-hybridized carbons (Fsp3) is 0.300. The molecule has 1 atom stereocenters. The number of hydrogen-bond donors (Lipinski definition) is 2. The molecule has 86 valence electrons. The molecule has 0 radical (unpaired) electrons. The molecule has 1 aromatic rings. The van der Waals surface area contributed by atoms with Crippen LogP contribution in [0.5, 0.6) is 11.5 Å². The monoisotopic (exact) mass is 335 g/mol. The highest BCUT2D eigenvalue weighted by atomic mass is 127. The van der Waals surface area contributed by atoms with Gasteiger partial charge in [-0.2, -0.15) is 0 Å². The molecule has 1 heterocycles. The number of aliphatic hydroxyl groups excluding tert-OH is 1. The van der Waals surface area contributed by atoms with Crippen LogP contribution in [0.1, 0.15) is 11.7 Å². The minimum atomic E-state index is -0.744. The lowest BCUT2D eigenvalue weighted by atomic mass is 10.1. The normalized spacial score (nSPS) is 14.6. The van der Waals surface area contributed by atoms with Gasteiger partial charge in [0.25, 0.3) is 0 Å². The van der Waals surface area contributed by atoms with Crippen molar-refractivity contribution in [1.29, 1.82) is 0 Å². The van der Waals surface area contributed by atoms with Gasteiger partial charge in [-0.05, 0) is 40.3 Å². The van der Waals surface area contributed by atoms with Crippen molar-refractivity contribution in [1.82, 2.24) is 5.32 Å². The van der Waals surface area contributed by atoms with E-state index >= 15 is 0 Å². The van der Waals surface area contributed by atoms with E-state index in [1.54, 1.807) is 6.07 Å². The fourth-order valence-electron chi connectivity index (χ4n) is 1.46. The Labute approximate surface area is 106 Å². The van der Waals surface area contributed by atoms with Crippen LogP contribution in [-0.2, 0) is 4.79 Å². The zero-order valence-electron chi connectivity index (χ0n) is 8.27. The summed E-state index contributed by atoms with van der Waals surface area (Å²) in [7, 11) is 0. The molecule has 0 aromatic heterocycles. The van der Waals surface area contributed by atoms with Crippen molar-refractivity contribution < 1.29 is 19.4 Å². The third-order valence-electron chi connectivity index (χ3n) is 2.25. The maximum Gasteiger partial charge on any atom is 0.231 e. The van der Waals surface area contributed by atoms with Gasteiger partial charge < -0.3 is 19.9 Å². The zero-order valence-corrected chi connectivity index (χ0v) is 10.4. The molecule has 0 aliphatic carbocycles. The summed E-state index contributed by atoms with van der Waals surface area (Å²) in [6.07, 6.45) is -0.185. The highest BCUT2D eigenvalue weighted by molar-refractivity contribution is 14.1. The van der Waals surface area contributed by atoms with Gasteiger partial charge >= 0.3 is 0 Å². The number of amides is 1. The molecule has 2 N–H and O–H groups in total. The van der Waals surface area contributed by atoms with E-state index in [0.29, 0.717) is 17.9 Å². The minimum Gasteiger partial charge on any atom is -0.454 e. The first-order valence-corrected chi connectivity index (χ1v) is 5.74. The molecule has 1 aromatic carbocycles. The molecular weight excluding hydrogens is 325 g/mol. The molecule has 1 aliphatic rings. The second-order valence-corrected chi connectivity index (χ2v) is 4.43. The lowest BCUT2D eigenvalue weighted by Crippen LogP contribution is -2.20. The van der Waals surface area contributed by atoms with Crippen molar-refractivity contribution >= 4 is 29.0 Å². The summed E-state index contributed by atoms with van der Waals surface area (Å²) in [6, 6.07) is 3.55. The van der Waals surface area contributed by atoms with E-state index in [2.05, 4.69) is 27.9 Å². The predicted octanol–water partition coefficient (Wildman–Crippen LogP) is 0.799. The van der Waals surface area contributed by atoms with Crippen LogP contribution >= 0.6 is 22.6 Å². The number of hydrogen-bond acceptors (Lipinski definition) is 4. The quantitative estimate of drug-likeness (QED) is 0.631. The van der Waals surface area contributed by atoms with Crippen molar-refractivity contribution in [3.63, 3.8) is 0 Å². The Morgan fingerprint density at radius 2 is 2.19 bits per heavy atom. The van der Waals surface area contributed by atoms with Gasteiger partial charge in [0.05, 0.1) is 6.10 Å². The van der Waals surface area contributed by atoms with E-state index in [1.165, 1.54) is 0 Å². The Kier molecular flexibility index (Phi) is 3.49. The molecule has 1 unspecified atom stereocenters. The van der Waals surface area contributed by atoms with Crippen LogP contribution in [-0.4, -0.2) is 24.9 Å². The molecule has 1 amide bonds. The number of rotatable bonds is 4. The highest BCUT2D eigenvalue weighted by Crippen LogP contribution is 2.37. The lowest BCUT2D eigenvalue weighted by Gasteiger charge is -2.12. The van der Waals surface area contributed by atoms with E-state index in [-0.39, 0.29) is 13.3 Å². The van der Waals surface area contributed by atoms with Crippen LogP contribution in [0.4, 0.5) is 0 Å². The van der Waals surface area contributed by atoms with E-state index in [4.69, 9.17) is 9.47 Å².